The highest BCUT2D eigenvalue weighted by Crippen LogP contribution is 2.30. The summed E-state index contributed by atoms with van der Waals surface area (Å²) in [5.41, 5.74) is -1.37. The minimum Gasteiger partial charge on any atom is -0.480 e. The van der Waals surface area contributed by atoms with Crippen molar-refractivity contribution in [1.29, 1.82) is 0 Å². The van der Waals surface area contributed by atoms with Crippen LogP contribution < -0.4 is 5.32 Å². The summed E-state index contributed by atoms with van der Waals surface area (Å²) < 4.78 is 37.1. The molecule has 1 atom stereocenters. The summed E-state index contributed by atoms with van der Waals surface area (Å²) in [6.07, 6.45) is -2.05. The minimum atomic E-state index is -4.52. The first-order valence-electron chi connectivity index (χ1n) is 7.53. The van der Waals surface area contributed by atoms with Crippen LogP contribution in [0.25, 0.3) is 0 Å². The van der Waals surface area contributed by atoms with Crippen LogP contribution in [0.3, 0.4) is 0 Å². The molecule has 2 fully saturated rings. The Balaban J connectivity index is 2.01. The van der Waals surface area contributed by atoms with Gasteiger partial charge in [0, 0.05) is 13.0 Å². The van der Waals surface area contributed by atoms with Crippen LogP contribution in [0.15, 0.2) is 0 Å². The first-order valence-corrected chi connectivity index (χ1v) is 7.53. The van der Waals surface area contributed by atoms with Gasteiger partial charge in [-0.15, -0.1) is 0 Å². The number of carboxylic acids is 1. The topological polar surface area (TPSA) is 86.7 Å². The molecular weight excluding hydrogens is 317 g/mol. The predicted octanol–water partition coefficient (Wildman–Crippen LogP) is 1.30. The zero-order valence-corrected chi connectivity index (χ0v) is 12.5. The molecule has 1 heterocycles. The van der Waals surface area contributed by atoms with Crippen molar-refractivity contribution >= 4 is 17.8 Å². The third kappa shape index (κ3) is 4.14. The van der Waals surface area contributed by atoms with Crippen LogP contribution in [0, 0.1) is 5.92 Å². The van der Waals surface area contributed by atoms with E-state index in [1.54, 1.807) is 0 Å². The zero-order chi connectivity index (χ0) is 17.3. The molecule has 1 aliphatic carbocycles. The smallest absolute Gasteiger partial charge is 0.406 e. The quantitative estimate of drug-likeness (QED) is 0.810. The van der Waals surface area contributed by atoms with Gasteiger partial charge in [0.25, 0.3) is 0 Å². The molecule has 1 saturated carbocycles. The molecule has 1 saturated heterocycles. The van der Waals surface area contributed by atoms with Gasteiger partial charge < -0.3 is 15.3 Å². The van der Waals surface area contributed by atoms with Crippen LogP contribution in [-0.4, -0.2) is 52.6 Å². The molecule has 23 heavy (non-hydrogen) atoms. The van der Waals surface area contributed by atoms with Gasteiger partial charge in [-0.2, -0.15) is 13.2 Å². The SMILES string of the molecule is O=C(NC1(C(=O)O)CCCCC1)[C@H]1CC(=O)N(CC(F)(F)F)C1. The van der Waals surface area contributed by atoms with Gasteiger partial charge in [-0.3, -0.25) is 9.59 Å². The molecule has 0 aromatic rings. The number of carbonyl (C=O) groups is 3. The first-order chi connectivity index (χ1) is 10.6. The number of nitrogens with zero attached hydrogens (tertiary/aromatic N) is 1. The van der Waals surface area contributed by atoms with Gasteiger partial charge in [-0.25, -0.2) is 4.79 Å². The lowest BCUT2D eigenvalue weighted by atomic mass is 9.81. The lowest BCUT2D eigenvalue weighted by Crippen LogP contribution is -2.57. The van der Waals surface area contributed by atoms with E-state index >= 15 is 0 Å². The van der Waals surface area contributed by atoms with Crippen molar-refractivity contribution in [3.05, 3.63) is 0 Å². The van der Waals surface area contributed by atoms with Crippen LogP contribution in [0.2, 0.25) is 0 Å². The molecule has 2 aliphatic rings. The Kier molecular flexibility index (Phi) is 4.86. The number of likely N-dealkylation sites (tertiary alicyclic amines) is 1. The average molecular weight is 336 g/mol. The maximum absolute atomic E-state index is 12.4. The second-order valence-corrected chi connectivity index (χ2v) is 6.23. The molecule has 0 radical (unpaired) electrons. The predicted molar refractivity (Wildman–Crippen MR) is 72.3 cm³/mol. The molecule has 0 bridgehead atoms. The fraction of sp³-hybridized carbons (Fsp3) is 0.786. The van der Waals surface area contributed by atoms with Gasteiger partial charge in [-0.05, 0) is 12.8 Å². The van der Waals surface area contributed by atoms with Crippen molar-refractivity contribution < 1.29 is 32.7 Å². The van der Waals surface area contributed by atoms with E-state index in [2.05, 4.69) is 5.32 Å². The van der Waals surface area contributed by atoms with E-state index in [0.29, 0.717) is 30.6 Å². The molecule has 0 aromatic carbocycles. The third-order valence-corrected chi connectivity index (χ3v) is 4.43. The lowest BCUT2D eigenvalue weighted by molar-refractivity contribution is -0.157. The average Bonchev–Trinajstić information content (AvgIpc) is 2.79. The number of hydrogen-bond donors (Lipinski definition) is 2. The standard InChI is InChI=1S/C14H19F3N2O4/c15-14(16,17)8-19-7-9(6-10(19)20)11(21)18-13(12(22)23)4-2-1-3-5-13/h9H,1-8H2,(H,18,21)(H,22,23)/t9-/m0/s1. The molecule has 6 nitrogen and oxygen atoms in total. The Morgan fingerprint density at radius 1 is 1.26 bits per heavy atom. The van der Waals surface area contributed by atoms with Crippen LogP contribution in [0.4, 0.5) is 13.2 Å². The van der Waals surface area contributed by atoms with E-state index < -0.39 is 42.0 Å². The Bertz CT molecular complexity index is 501. The lowest BCUT2D eigenvalue weighted by Gasteiger charge is -2.34. The summed E-state index contributed by atoms with van der Waals surface area (Å²) >= 11 is 0. The highest BCUT2D eigenvalue weighted by molar-refractivity contribution is 5.92. The maximum Gasteiger partial charge on any atom is 0.406 e. The Labute approximate surface area is 131 Å². The van der Waals surface area contributed by atoms with Gasteiger partial charge >= 0.3 is 12.1 Å². The number of amides is 2. The summed E-state index contributed by atoms with van der Waals surface area (Å²) in [4.78, 5) is 35.9. The number of halogens is 3. The largest absolute Gasteiger partial charge is 0.480 e. The fourth-order valence-electron chi connectivity index (χ4n) is 3.20. The number of aliphatic carboxylic acids is 1. The number of hydrogen-bond acceptors (Lipinski definition) is 3. The molecule has 2 amide bonds. The minimum absolute atomic E-state index is 0.293. The number of carbonyl (C=O) groups excluding carboxylic acids is 2. The van der Waals surface area contributed by atoms with E-state index in [1.165, 1.54) is 0 Å². The zero-order valence-electron chi connectivity index (χ0n) is 12.5. The third-order valence-electron chi connectivity index (χ3n) is 4.43. The molecule has 2 rings (SSSR count). The number of carboxylic acid groups (broad SMARTS) is 1. The molecule has 1 aliphatic heterocycles. The van der Waals surface area contributed by atoms with E-state index in [4.69, 9.17) is 0 Å². The highest BCUT2D eigenvalue weighted by Gasteiger charge is 2.45. The molecule has 2 N–H and O–H groups in total. The van der Waals surface area contributed by atoms with Crippen LogP contribution in [0.1, 0.15) is 38.5 Å². The van der Waals surface area contributed by atoms with Crippen molar-refractivity contribution in [1.82, 2.24) is 10.2 Å². The van der Waals surface area contributed by atoms with Gasteiger partial charge in [0.15, 0.2) is 0 Å². The van der Waals surface area contributed by atoms with E-state index in [1.807, 2.05) is 0 Å². The monoisotopic (exact) mass is 336 g/mol. The van der Waals surface area contributed by atoms with Crippen molar-refractivity contribution in [2.24, 2.45) is 5.92 Å². The van der Waals surface area contributed by atoms with E-state index in [9.17, 15) is 32.7 Å². The number of alkyl halides is 3. The second kappa shape index (κ2) is 6.37. The van der Waals surface area contributed by atoms with Gasteiger partial charge in [0.05, 0.1) is 5.92 Å². The molecule has 9 heteroatoms. The van der Waals surface area contributed by atoms with Crippen molar-refractivity contribution in [3.8, 4) is 0 Å². The summed E-state index contributed by atoms with van der Waals surface area (Å²) in [6.45, 7) is -1.72. The molecule has 130 valence electrons. The van der Waals surface area contributed by atoms with E-state index in [-0.39, 0.29) is 13.0 Å². The van der Waals surface area contributed by atoms with E-state index in [0.717, 1.165) is 6.42 Å². The van der Waals surface area contributed by atoms with Crippen molar-refractivity contribution in [2.45, 2.75) is 50.2 Å². The van der Waals surface area contributed by atoms with Gasteiger partial charge in [-0.1, -0.05) is 19.3 Å². The fourth-order valence-corrected chi connectivity index (χ4v) is 3.20. The summed E-state index contributed by atoms with van der Waals surface area (Å²) in [7, 11) is 0. The normalized spacial score (nSPS) is 24.6. The van der Waals surface area contributed by atoms with Crippen LogP contribution in [0.5, 0.6) is 0 Å². The summed E-state index contributed by atoms with van der Waals surface area (Å²) in [6, 6.07) is 0. The second-order valence-electron chi connectivity index (χ2n) is 6.23. The Hall–Kier alpha value is -1.80. The Morgan fingerprint density at radius 3 is 2.39 bits per heavy atom. The molecular formula is C14H19F3N2O4. The highest BCUT2D eigenvalue weighted by atomic mass is 19.4. The number of rotatable bonds is 4. The van der Waals surface area contributed by atoms with Gasteiger partial charge in [0.1, 0.15) is 12.1 Å². The number of nitrogens with one attached hydrogen (secondary N) is 1. The van der Waals surface area contributed by atoms with Gasteiger partial charge in [0.2, 0.25) is 11.8 Å². The first kappa shape index (κ1) is 17.6. The Morgan fingerprint density at radius 2 is 1.87 bits per heavy atom. The van der Waals surface area contributed by atoms with Crippen LogP contribution >= 0.6 is 0 Å². The molecule has 0 spiro atoms. The summed E-state index contributed by atoms with van der Waals surface area (Å²) in [5, 5.41) is 11.9. The maximum atomic E-state index is 12.4. The van der Waals surface area contributed by atoms with Crippen LogP contribution in [-0.2, 0) is 14.4 Å². The molecule has 0 unspecified atom stereocenters. The summed E-state index contributed by atoms with van der Waals surface area (Å²) in [5.74, 6) is -3.48. The van der Waals surface area contributed by atoms with Crippen molar-refractivity contribution in [3.63, 3.8) is 0 Å². The molecule has 0 aromatic heterocycles. The van der Waals surface area contributed by atoms with Crippen molar-refractivity contribution in [2.75, 3.05) is 13.1 Å².